The second kappa shape index (κ2) is 6.13. The van der Waals surface area contributed by atoms with Crippen LogP contribution in [-0.4, -0.2) is 28.9 Å². The molecule has 1 saturated heterocycles. The first-order valence-corrected chi connectivity index (χ1v) is 9.26. The van der Waals surface area contributed by atoms with Gasteiger partial charge in [-0.2, -0.15) is 0 Å². The first-order chi connectivity index (χ1) is 12.8. The summed E-state index contributed by atoms with van der Waals surface area (Å²) in [5.74, 6) is 0.990. The van der Waals surface area contributed by atoms with Gasteiger partial charge in [-0.15, -0.1) is 0 Å². The summed E-state index contributed by atoms with van der Waals surface area (Å²) in [5.41, 5.74) is 4.97. The molecule has 1 fully saturated rings. The zero-order chi connectivity index (χ0) is 17.5. The average molecular weight is 344 g/mol. The number of fused-ring (bicyclic) bond motifs is 2. The predicted octanol–water partition coefficient (Wildman–Crippen LogP) is 4.55. The van der Waals surface area contributed by atoms with Gasteiger partial charge in [0.15, 0.2) is 0 Å². The lowest BCUT2D eigenvalue weighted by atomic mass is 9.85. The normalized spacial score (nSPS) is 18.0. The van der Waals surface area contributed by atoms with Gasteiger partial charge in [0.05, 0.1) is 23.0 Å². The molecule has 0 radical (unpaired) electrons. The van der Waals surface area contributed by atoms with E-state index in [0.29, 0.717) is 0 Å². The van der Waals surface area contributed by atoms with Crippen LogP contribution in [0.3, 0.4) is 0 Å². The number of benzene rings is 1. The Morgan fingerprint density at radius 2 is 1.96 bits per heavy atom. The first-order valence-electron chi connectivity index (χ1n) is 9.26. The molecule has 1 aromatic carbocycles. The summed E-state index contributed by atoms with van der Waals surface area (Å²) in [7, 11) is 0. The summed E-state index contributed by atoms with van der Waals surface area (Å²) in [5, 5.41) is 0.974. The molecule has 0 bridgehead atoms. The second-order valence-corrected chi connectivity index (χ2v) is 7.02. The van der Waals surface area contributed by atoms with Crippen molar-refractivity contribution in [2.75, 3.05) is 13.1 Å². The fraction of sp³-hybridized carbons (Fsp3) is 0.273. The molecule has 1 aliphatic heterocycles. The van der Waals surface area contributed by atoms with E-state index in [1.165, 1.54) is 0 Å². The Morgan fingerprint density at radius 1 is 1.08 bits per heavy atom. The number of carbonyl (C=O) groups is 1. The van der Waals surface area contributed by atoms with Crippen LogP contribution >= 0.6 is 0 Å². The highest BCUT2D eigenvalue weighted by atomic mass is 16.3. The quantitative estimate of drug-likeness (QED) is 0.685. The number of rotatable bonds is 2. The van der Waals surface area contributed by atoms with Gasteiger partial charge in [-0.1, -0.05) is 18.2 Å². The fourth-order valence-electron chi connectivity index (χ4n) is 3.94. The molecule has 2 aliphatic rings. The van der Waals surface area contributed by atoms with Crippen LogP contribution in [0.1, 0.15) is 46.6 Å². The number of aromatic nitrogens is 1. The van der Waals surface area contributed by atoms with E-state index < -0.39 is 0 Å². The highest BCUT2D eigenvalue weighted by molar-refractivity contribution is 6.09. The molecule has 4 nitrogen and oxygen atoms in total. The van der Waals surface area contributed by atoms with Gasteiger partial charge in [0.25, 0.3) is 5.91 Å². The molecule has 1 amide bonds. The third kappa shape index (κ3) is 2.45. The highest BCUT2D eigenvalue weighted by Gasteiger charge is 2.29. The number of nitrogens with zero attached hydrogens (tertiary/aromatic N) is 2. The van der Waals surface area contributed by atoms with Gasteiger partial charge in [0.1, 0.15) is 5.76 Å². The van der Waals surface area contributed by atoms with Gasteiger partial charge >= 0.3 is 0 Å². The smallest absolute Gasteiger partial charge is 0.254 e. The van der Waals surface area contributed by atoms with Crippen LogP contribution in [0.5, 0.6) is 0 Å². The SMILES string of the molecule is O=C(c1c2c(nc3ccccc13)C(=Cc1ccco1)CCC2)N1CCC1. The molecular weight excluding hydrogens is 324 g/mol. The molecule has 3 aromatic rings. The largest absolute Gasteiger partial charge is 0.465 e. The van der Waals surface area contributed by atoms with Crippen molar-refractivity contribution in [1.29, 1.82) is 0 Å². The van der Waals surface area contributed by atoms with E-state index in [4.69, 9.17) is 9.40 Å². The molecule has 0 unspecified atom stereocenters. The number of allylic oxidation sites excluding steroid dienone is 1. The van der Waals surface area contributed by atoms with Crippen molar-refractivity contribution in [1.82, 2.24) is 9.88 Å². The van der Waals surface area contributed by atoms with Crippen LogP contribution in [0, 0.1) is 0 Å². The molecule has 3 heterocycles. The molecule has 130 valence electrons. The van der Waals surface area contributed by atoms with Gasteiger partial charge in [-0.3, -0.25) is 4.79 Å². The van der Waals surface area contributed by atoms with Crippen LogP contribution in [0.15, 0.2) is 47.1 Å². The van der Waals surface area contributed by atoms with Gasteiger partial charge in [0, 0.05) is 18.5 Å². The van der Waals surface area contributed by atoms with Crippen molar-refractivity contribution in [3.05, 3.63) is 65.2 Å². The number of hydrogen-bond donors (Lipinski definition) is 0. The van der Waals surface area contributed by atoms with E-state index in [1.807, 2.05) is 41.3 Å². The number of para-hydroxylation sites is 1. The maximum atomic E-state index is 13.2. The summed E-state index contributed by atoms with van der Waals surface area (Å²) in [6, 6.07) is 11.9. The maximum absolute atomic E-state index is 13.2. The number of amides is 1. The van der Waals surface area contributed by atoms with Crippen LogP contribution in [0.2, 0.25) is 0 Å². The molecule has 0 saturated carbocycles. The van der Waals surface area contributed by atoms with E-state index in [-0.39, 0.29) is 5.91 Å². The van der Waals surface area contributed by atoms with E-state index in [9.17, 15) is 4.79 Å². The zero-order valence-corrected chi connectivity index (χ0v) is 14.6. The minimum atomic E-state index is 0.158. The number of furan rings is 1. The Balaban J connectivity index is 1.74. The first kappa shape index (κ1) is 15.4. The summed E-state index contributed by atoms with van der Waals surface area (Å²) in [6.45, 7) is 1.72. The Kier molecular flexibility index (Phi) is 3.63. The zero-order valence-electron chi connectivity index (χ0n) is 14.6. The number of hydrogen-bond acceptors (Lipinski definition) is 3. The lowest BCUT2D eigenvalue weighted by molar-refractivity contribution is 0.0652. The van der Waals surface area contributed by atoms with E-state index in [1.54, 1.807) is 6.26 Å². The second-order valence-electron chi connectivity index (χ2n) is 7.02. The third-order valence-corrected chi connectivity index (χ3v) is 5.39. The maximum Gasteiger partial charge on any atom is 0.254 e. The number of carbonyl (C=O) groups excluding carboxylic acids is 1. The van der Waals surface area contributed by atoms with E-state index in [0.717, 1.165) is 77.8 Å². The third-order valence-electron chi connectivity index (χ3n) is 5.39. The molecule has 0 spiro atoms. The van der Waals surface area contributed by atoms with Crippen molar-refractivity contribution in [3.63, 3.8) is 0 Å². The fourth-order valence-corrected chi connectivity index (χ4v) is 3.94. The van der Waals surface area contributed by atoms with Gasteiger partial charge < -0.3 is 9.32 Å². The van der Waals surface area contributed by atoms with Crippen molar-refractivity contribution in [2.45, 2.75) is 25.7 Å². The van der Waals surface area contributed by atoms with Crippen molar-refractivity contribution in [2.24, 2.45) is 0 Å². The summed E-state index contributed by atoms with van der Waals surface area (Å²) < 4.78 is 5.50. The monoisotopic (exact) mass is 344 g/mol. The van der Waals surface area contributed by atoms with E-state index in [2.05, 4.69) is 6.08 Å². The molecule has 5 rings (SSSR count). The van der Waals surface area contributed by atoms with Crippen molar-refractivity contribution in [3.8, 4) is 0 Å². The molecule has 0 atom stereocenters. The van der Waals surface area contributed by atoms with E-state index >= 15 is 0 Å². The standard InChI is InChI=1S/C22H20N2O2/c25-22(24-11-5-12-24)20-17-8-1-2-10-19(17)23-21-15(6-3-9-18(20)21)14-16-7-4-13-26-16/h1-2,4,7-8,10,13-14H,3,5-6,9,11-12H2. The highest BCUT2D eigenvalue weighted by Crippen LogP contribution is 2.37. The number of likely N-dealkylation sites (tertiary alicyclic amines) is 1. The van der Waals surface area contributed by atoms with Crippen molar-refractivity contribution < 1.29 is 9.21 Å². The molecule has 2 aromatic heterocycles. The Morgan fingerprint density at radius 3 is 2.73 bits per heavy atom. The van der Waals surface area contributed by atoms with Gasteiger partial charge in [-0.25, -0.2) is 4.98 Å². The Labute approximate surface area is 152 Å². The molecule has 26 heavy (non-hydrogen) atoms. The predicted molar refractivity (Wildman–Crippen MR) is 102 cm³/mol. The van der Waals surface area contributed by atoms with Crippen LogP contribution in [-0.2, 0) is 6.42 Å². The molecule has 0 N–H and O–H groups in total. The molecule has 1 aliphatic carbocycles. The minimum absolute atomic E-state index is 0.158. The summed E-state index contributed by atoms with van der Waals surface area (Å²) >= 11 is 0. The van der Waals surface area contributed by atoms with Gasteiger partial charge in [0.2, 0.25) is 0 Å². The van der Waals surface area contributed by atoms with Crippen LogP contribution in [0.25, 0.3) is 22.6 Å². The lowest BCUT2D eigenvalue weighted by Crippen LogP contribution is -2.42. The van der Waals surface area contributed by atoms with Gasteiger partial charge in [-0.05, 0) is 61.1 Å². The Bertz CT molecular complexity index is 1010. The molecular formula is C22H20N2O2. The number of pyridine rings is 1. The summed E-state index contributed by atoms with van der Waals surface area (Å²) in [4.78, 5) is 20.1. The van der Waals surface area contributed by atoms with Crippen LogP contribution < -0.4 is 0 Å². The van der Waals surface area contributed by atoms with Crippen LogP contribution in [0.4, 0.5) is 0 Å². The summed E-state index contributed by atoms with van der Waals surface area (Å²) in [6.07, 6.45) is 7.73. The lowest BCUT2D eigenvalue weighted by Gasteiger charge is -2.33. The minimum Gasteiger partial charge on any atom is -0.465 e. The topological polar surface area (TPSA) is 46.3 Å². The van der Waals surface area contributed by atoms with Crippen molar-refractivity contribution >= 4 is 28.5 Å². The average Bonchev–Trinajstić information content (AvgIpc) is 3.11. The molecule has 4 heteroatoms. The Hall–Kier alpha value is -2.88.